The molecule has 1 atom stereocenters. The van der Waals surface area contributed by atoms with Gasteiger partial charge in [0.1, 0.15) is 12.7 Å². The Bertz CT molecular complexity index is 915. The highest BCUT2D eigenvalue weighted by Crippen LogP contribution is 2.44. The van der Waals surface area contributed by atoms with Gasteiger partial charge in [0.25, 0.3) is 0 Å². The van der Waals surface area contributed by atoms with Gasteiger partial charge in [0.05, 0.1) is 31.6 Å². The average Bonchev–Trinajstić information content (AvgIpc) is 2.94. The van der Waals surface area contributed by atoms with E-state index < -0.39 is 0 Å². The second-order valence-corrected chi connectivity index (χ2v) is 6.33. The first kappa shape index (κ1) is 15.1. The molecule has 0 radical (unpaired) electrons. The van der Waals surface area contributed by atoms with E-state index in [9.17, 15) is 0 Å². The predicted octanol–water partition coefficient (Wildman–Crippen LogP) is 3.55. The van der Waals surface area contributed by atoms with E-state index in [0.29, 0.717) is 29.6 Å². The maximum absolute atomic E-state index is 5.93. The molecular weight excluding hydrogens is 310 g/mol. The van der Waals surface area contributed by atoms with E-state index in [2.05, 4.69) is 4.98 Å². The van der Waals surface area contributed by atoms with Crippen LogP contribution in [0.2, 0.25) is 0 Å². The molecule has 0 saturated carbocycles. The van der Waals surface area contributed by atoms with Crippen LogP contribution in [0.3, 0.4) is 0 Å². The molecule has 0 N–H and O–H groups in total. The molecular formula is C18H19NO5. The smallest absolute Gasteiger partial charge is 0.226 e. The first-order chi connectivity index (χ1) is 11.5. The molecule has 1 fully saturated rings. The number of nitrogens with zero attached hydrogens (tertiary/aromatic N) is 1. The van der Waals surface area contributed by atoms with Crippen molar-refractivity contribution in [2.45, 2.75) is 25.6 Å². The van der Waals surface area contributed by atoms with Gasteiger partial charge in [0.2, 0.25) is 11.5 Å². The molecule has 24 heavy (non-hydrogen) atoms. The third kappa shape index (κ3) is 2.34. The molecule has 126 valence electrons. The van der Waals surface area contributed by atoms with Gasteiger partial charge in [-0.15, -0.1) is 0 Å². The number of ether oxygens (including phenoxy) is 4. The van der Waals surface area contributed by atoms with Crippen LogP contribution >= 0.6 is 0 Å². The minimum atomic E-state index is -0.132. The number of furan rings is 1. The fourth-order valence-electron chi connectivity index (χ4n) is 2.86. The molecule has 6 heteroatoms. The fraction of sp³-hybridized carbons (Fsp3) is 0.389. The Morgan fingerprint density at radius 2 is 1.92 bits per heavy atom. The summed E-state index contributed by atoms with van der Waals surface area (Å²) in [7, 11) is 3.20. The van der Waals surface area contributed by atoms with Crippen LogP contribution < -0.4 is 14.2 Å². The summed E-state index contributed by atoms with van der Waals surface area (Å²) in [5.74, 6) is 1.72. The van der Waals surface area contributed by atoms with Crippen LogP contribution in [-0.2, 0) is 4.74 Å². The highest BCUT2D eigenvalue weighted by Gasteiger charge is 2.48. The second-order valence-electron chi connectivity index (χ2n) is 6.33. The maximum Gasteiger partial charge on any atom is 0.226 e. The summed E-state index contributed by atoms with van der Waals surface area (Å²) in [5.41, 5.74) is 1.17. The first-order valence-electron chi connectivity index (χ1n) is 7.77. The normalized spacial score (nSPS) is 18.8. The third-order valence-corrected chi connectivity index (χ3v) is 4.38. The third-order valence-electron chi connectivity index (χ3n) is 4.38. The molecule has 1 saturated heterocycles. The highest BCUT2D eigenvalue weighted by atomic mass is 16.6. The van der Waals surface area contributed by atoms with Crippen molar-refractivity contribution in [3.63, 3.8) is 0 Å². The average molecular weight is 329 g/mol. The summed E-state index contributed by atoms with van der Waals surface area (Å²) in [4.78, 5) is 4.54. The molecule has 3 heterocycles. The number of hydrogen-bond donors (Lipinski definition) is 0. The van der Waals surface area contributed by atoms with E-state index in [1.165, 1.54) is 0 Å². The van der Waals surface area contributed by atoms with Crippen molar-refractivity contribution < 1.29 is 23.4 Å². The van der Waals surface area contributed by atoms with E-state index >= 15 is 0 Å². The summed E-state index contributed by atoms with van der Waals surface area (Å²) in [6.45, 7) is 4.52. The Morgan fingerprint density at radius 1 is 1.17 bits per heavy atom. The number of methoxy groups -OCH3 is 2. The molecule has 1 aliphatic rings. The van der Waals surface area contributed by atoms with Gasteiger partial charge < -0.3 is 23.4 Å². The van der Waals surface area contributed by atoms with Crippen molar-refractivity contribution in [3.05, 3.63) is 24.5 Å². The summed E-state index contributed by atoms with van der Waals surface area (Å²) >= 11 is 0. The lowest BCUT2D eigenvalue weighted by Crippen LogP contribution is -2.12. The molecule has 0 amide bonds. The van der Waals surface area contributed by atoms with E-state index in [-0.39, 0.29) is 11.7 Å². The number of hydrogen-bond acceptors (Lipinski definition) is 6. The lowest BCUT2D eigenvalue weighted by molar-refractivity contribution is 0.243. The highest BCUT2D eigenvalue weighted by molar-refractivity contribution is 5.97. The fourth-order valence-corrected chi connectivity index (χ4v) is 2.86. The van der Waals surface area contributed by atoms with E-state index in [1.54, 1.807) is 20.5 Å². The number of epoxide rings is 1. The molecule has 4 rings (SSSR count). The summed E-state index contributed by atoms with van der Waals surface area (Å²) in [6, 6.07) is 5.68. The largest absolute Gasteiger partial charge is 0.492 e. The van der Waals surface area contributed by atoms with E-state index in [0.717, 1.165) is 16.3 Å². The Balaban J connectivity index is 1.80. The number of pyridine rings is 1. The number of rotatable bonds is 5. The topological polar surface area (TPSA) is 66.2 Å². The number of fused-ring (bicyclic) bond motifs is 2. The lowest BCUT2D eigenvalue weighted by atomic mass is 10.1. The van der Waals surface area contributed by atoms with Crippen molar-refractivity contribution in [2.24, 2.45) is 0 Å². The summed E-state index contributed by atoms with van der Waals surface area (Å²) < 4.78 is 28.0. The van der Waals surface area contributed by atoms with Crippen molar-refractivity contribution >= 4 is 22.0 Å². The van der Waals surface area contributed by atoms with Crippen LogP contribution in [0.15, 0.2) is 28.9 Å². The van der Waals surface area contributed by atoms with Gasteiger partial charge in [-0.05, 0) is 26.0 Å². The van der Waals surface area contributed by atoms with Crippen LogP contribution in [-0.4, -0.2) is 37.5 Å². The zero-order valence-electron chi connectivity index (χ0n) is 14.1. The molecule has 6 nitrogen and oxygen atoms in total. The van der Waals surface area contributed by atoms with Gasteiger partial charge in [0, 0.05) is 16.8 Å². The van der Waals surface area contributed by atoms with Crippen LogP contribution in [0.1, 0.15) is 13.8 Å². The predicted molar refractivity (Wildman–Crippen MR) is 89.1 cm³/mol. The molecule has 0 aliphatic carbocycles. The van der Waals surface area contributed by atoms with Crippen LogP contribution in [0.25, 0.3) is 22.0 Å². The molecule has 0 unspecified atom stereocenters. The summed E-state index contributed by atoms with van der Waals surface area (Å²) in [5, 5.41) is 1.75. The monoisotopic (exact) mass is 329 g/mol. The minimum absolute atomic E-state index is 0.0735. The standard InChI is InChI=1S/C18H19NO5/c1-18(2)14(24-18)9-23-13-8-12-11(15(20-3)16(13)21-4)7-10-5-6-22-17(10)19-12/h5-8,14H,9H2,1-4H3/t14-/m1/s1. The maximum atomic E-state index is 5.93. The zero-order chi connectivity index (χ0) is 16.9. The zero-order valence-corrected chi connectivity index (χ0v) is 14.1. The van der Waals surface area contributed by atoms with Crippen LogP contribution in [0.4, 0.5) is 0 Å². The van der Waals surface area contributed by atoms with Gasteiger partial charge >= 0.3 is 0 Å². The van der Waals surface area contributed by atoms with E-state index in [4.69, 9.17) is 23.4 Å². The number of aromatic nitrogens is 1. The Hall–Kier alpha value is -2.47. The Labute approximate surface area is 139 Å². The van der Waals surface area contributed by atoms with Crippen molar-refractivity contribution in [2.75, 3.05) is 20.8 Å². The number of benzene rings is 1. The van der Waals surface area contributed by atoms with Gasteiger partial charge in [-0.1, -0.05) is 0 Å². The van der Waals surface area contributed by atoms with Crippen molar-refractivity contribution in [1.29, 1.82) is 0 Å². The minimum Gasteiger partial charge on any atom is -0.492 e. The molecule has 1 aromatic carbocycles. The van der Waals surface area contributed by atoms with Crippen LogP contribution in [0.5, 0.6) is 17.2 Å². The lowest BCUT2D eigenvalue weighted by Gasteiger charge is -2.15. The SMILES string of the molecule is COc1c(OC[C@H]2OC2(C)C)cc2nc3occc3cc2c1OC. The van der Waals surface area contributed by atoms with Gasteiger partial charge in [-0.25, -0.2) is 4.98 Å². The van der Waals surface area contributed by atoms with Gasteiger partial charge in [-0.2, -0.15) is 0 Å². The van der Waals surface area contributed by atoms with Crippen LogP contribution in [0, 0.1) is 0 Å². The van der Waals surface area contributed by atoms with Crippen molar-refractivity contribution in [1.82, 2.24) is 4.98 Å². The molecule has 3 aromatic rings. The van der Waals surface area contributed by atoms with Crippen molar-refractivity contribution in [3.8, 4) is 17.2 Å². The van der Waals surface area contributed by atoms with Gasteiger partial charge in [-0.3, -0.25) is 0 Å². The second kappa shape index (κ2) is 5.27. The Kier molecular flexibility index (Phi) is 3.31. The Morgan fingerprint density at radius 3 is 2.58 bits per heavy atom. The van der Waals surface area contributed by atoms with E-state index in [1.807, 2.05) is 32.0 Å². The van der Waals surface area contributed by atoms with Gasteiger partial charge in [0.15, 0.2) is 11.5 Å². The summed E-state index contributed by atoms with van der Waals surface area (Å²) in [6.07, 6.45) is 1.69. The first-order valence-corrected chi connectivity index (χ1v) is 7.77. The molecule has 1 aliphatic heterocycles. The molecule has 0 bridgehead atoms. The quantitative estimate of drug-likeness (QED) is 0.667. The molecule has 0 spiro atoms. The molecule has 2 aromatic heterocycles.